The predicted molar refractivity (Wildman–Crippen MR) is 206 cm³/mol. The molecule has 260 valence electrons. The average molecular weight is 699 g/mol. The van der Waals surface area contributed by atoms with Crippen molar-refractivity contribution in [3.63, 3.8) is 0 Å². The fourth-order valence-electron chi connectivity index (χ4n) is 7.22. The molecule has 5 heterocycles. The number of nitrogens with one attached hydrogen (secondary N) is 3. The first-order valence-electron chi connectivity index (χ1n) is 17.2. The highest BCUT2D eigenvalue weighted by Gasteiger charge is 2.45. The third-order valence-corrected chi connectivity index (χ3v) is 11.2. The molecule has 7 rings (SSSR count). The molecule has 9 nitrogen and oxygen atoms in total. The molecule has 10 heteroatoms. The van der Waals surface area contributed by atoms with Crippen molar-refractivity contribution in [2.45, 2.75) is 19.3 Å². The van der Waals surface area contributed by atoms with Crippen LogP contribution in [0.4, 0.5) is 5.69 Å². The van der Waals surface area contributed by atoms with Crippen LogP contribution in [-0.2, 0) is 20.7 Å². The average Bonchev–Trinajstić information content (AvgIpc) is 3.74. The van der Waals surface area contributed by atoms with Gasteiger partial charge in [0.25, 0.3) is 11.8 Å². The smallest absolute Gasteiger partial charge is 0.259 e. The number of likely N-dealkylation sites (tertiary alicyclic amines) is 1. The molecule has 4 aromatic rings. The zero-order valence-electron chi connectivity index (χ0n) is 28.8. The Morgan fingerprint density at radius 1 is 1.00 bits per heavy atom. The summed E-state index contributed by atoms with van der Waals surface area (Å²) in [5.74, 6) is 1.08. The molecule has 2 saturated heterocycles. The first-order chi connectivity index (χ1) is 24.9. The van der Waals surface area contributed by atoms with Crippen LogP contribution >= 0.6 is 11.3 Å². The highest BCUT2D eigenvalue weighted by atomic mass is 32.1. The zero-order valence-corrected chi connectivity index (χ0v) is 29.7. The van der Waals surface area contributed by atoms with Gasteiger partial charge in [-0.1, -0.05) is 62.2 Å². The Morgan fingerprint density at radius 3 is 2.49 bits per heavy atom. The summed E-state index contributed by atoms with van der Waals surface area (Å²) >= 11 is 1.68. The topological polar surface area (TPSA) is 103 Å². The molecule has 0 radical (unpaired) electrons. The summed E-state index contributed by atoms with van der Waals surface area (Å²) in [5.41, 5.74) is 6.46. The molecule has 0 atom stereocenters. The number of aromatic nitrogens is 2. The van der Waals surface area contributed by atoms with Gasteiger partial charge in [0.05, 0.1) is 27.2 Å². The fraction of sp³-hybridized carbons (Fsp3) is 0.244. The van der Waals surface area contributed by atoms with Gasteiger partial charge in [-0.3, -0.25) is 9.59 Å². The van der Waals surface area contributed by atoms with Crippen LogP contribution in [-0.4, -0.2) is 66.6 Å². The number of anilines is 1. The second-order valence-electron chi connectivity index (χ2n) is 13.1. The predicted octanol–water partition coefficient (Wildman–Crippen LogP) is 6.88. The molecular weight excluding hydrogens is 657 g/mol. The summed E-state index contributed by atoms with van der Waals surface area (Å²) in [5, 5.41) is 6.16. The largest absolute Gasteiger partial charge is 0.381 e. The number of H-pyrrole nitrogens is 1. The van der Waals surface area contributed by atoms with Gasteiger partial charge in [-0.25, -0.2) is 4.98 Å². The number of hydrogen-bond donors (Lipinski definition) is 3. The van der Waals surface area contributed by atoms with Crippen molar-refractivity contribution < 1.29 is 14.3 Å². The van der Waals surface area contributed by atoms with Crippen LogP contribution in [0.1, 0.15) is 18.4 Å². The third kappa shape index (κ3) is 6.60. The van der Waals surface area contributed by atoms with Crippen molar-refractivity contribution in [3.05, 3.63) is 133 Å². The number of allylic oxidation sites excluding steroid dienone is 3. The van der Waals surface area contributed by atoms with Gasteiger partial charge >= 0.3 is 0 Å². The Hall–Kier alpha value is -5.45. The van der Waals surface area contributed by atoms with E-state index in [1.807, 2.05) is 54.4 Å². The Kier molecular flexibility index (Phi) is 9.62. The Labute approximate surface area is 302 Å². The quantitative estimate of drug-likeness (QED) is 0.123. The molecule has 51 heavy (non-hydrogen) atoms. The van der Waals surface area contributed by atoms with Crippen LogP contribution in [0.5, 0.6) is 0 Å². The molecule has 2 aromatic carbocycles. The van der Waals surface area contributed by atoms with Crippen molar-refractivity contribution in [2.24, 2.45) is 5.41 Å². The number of para-hydroxylation sites is 3. The number of rotatable bonds is 10. The van der Waals surface area contributed by atoms with Crippen molar-refractivity contribution in [1.29, 1.82) is 0 Å². The van der Waals surface area contributed by atoms with Crippen LogP contribution < -0.4 is 15.5 Å². The van der Waals surface area contributed by atoms with Crippen molar-refractivity contribution in [3.8, 4) is 21.1 Å². The maximum Gasteiger partial charge on any atom is 0.259 e. The first kappa shape index (κ1) is 34.0. The Morgan fingerprint density at radius 2 is 1.76 bits per heavy atom. The summed E-state index contributed by atoms with van der Waals surface area (Å²) in [4.78, 5) is 42.1. The summed E-state index contributed by atoms with van der Waals surface area (Å²) in [6.45, 7) is 15.6. The molecular formula is C41H42N6O3S. The van der Waals surface area contributed by atoms with Gasteiger partial charge in [0.1, 0.15) is 11.6 Å². The molecule has 3 aliphatic heterocycles. The van der Waals surface area contributed by atoms with E-state index in [0.29, 0.717) is 29.8 Å². The lowest BCUT2D eigenvalue weighted by molar-refractivity contribution is -0.117. The van der Waals surface area contributed by atoms with E-state index in [9.17, 15) is 9.59 Å². The molecule has 2 amide bonds. The molecule has 3 N–H and O–H groups in total. The molecule has 0 unspecified atom stereocenters. The fourth-order valence-corrected chi connectivity index (χ4v) is 8.41. The number of nitrogens with zero attached hydrogens (tertiary/aromatic N) is 3. The lowest BCUT2D eigenvalue weighted by atomic mass is 9.73. The van der Waals surface area contributed by atoms with Gasteiger partial charge in [0, 0.05) is 67.0 Å². The maximum absolute atomic E-state index is 14.1. The minimum Gasteiger partial charge on any atom is -0.381 e. The van der Waals surface area contributed by atoms with E-state index in [1.165, 1.54) is 5.56 Å². The summed E-state index contributed by atoms with van der Waals surface area (Å²) in [6, 6.07) is 18.2. The minimum absolute atomic E-state index is 0.180. The number of aromatic amines is 1. The number of fused-ring (bicyclic) bond motifs is 4. The maximum atomic E-state index is 14.1. The van der Waals surface area contributed by atoms with Gasteiger partial charge in [-0.15, -0.1) is 11.3 Å². The molecule has 2 fully saturated rings. The number of thiophene rings is 1. The van der Waals surface area contributed by atoms with Crippen LogP contribution in [0, 0.1) is 5.41 Å². The molecule has 2 aromatic heterocycles. The zero-order chi connectivity index (χ0) is 35.5. The SMILES string of the molecule is C=C/C(C(=O)N/C(C=C)=C/C=C(\C=C)C(=O)N1CCc2cc(-c3nc4ccccc4[nH]3)sc2-c2ccccc21)=C(\NC)N1CC2(CCOCC2)C1. The van der Waals surface area contributed by atoms with Crippen LogP contribution in [0.2, 0.25) is 0 Å². The summed E-state index contributed by atoms with van der Waals surface area (Å²) in [6.07, 6.45) is 10.8. The van der Waals surface area contributed by atoms with Gasteiger partial charge in [-0.2, -0.15) is 0 Å². The van der Waals surface area contributed by atoms with Gasteiger partial charge < -0.3 is 30.2 Å². The lowest BCUT2D eigenvalue weighted by Crippen LogP contribution is -2.59. The normalized spacial score (nSPS) is 17.4. The van der Waals surface area contributed by atoms with Crippen LogP contribution in [0.15, 0.2) is 127 Å². The number of carbonyl (C=O) groups is 2. The standard InChI is InChI=1S/C41H42N6O3S/c1-5-27(16-17-29(6-2)43-39(48)30(7-3)38(42-4)46-25-41(26-46)19-22-50-23-20-41)40(49)47-21-18-28-24-35(37-44-32-13-9-10-14-33(32)45-37)51-36(28)31-12-8-11-15-34(31)47/h5-17,24,42H,1-3,18-23,25-26H2,4H3,(H,43,48)(H,44,45)/b27-16+,29-17+,38-30-. The van der Waals surface area contributed by atoms with E-state index in [2.05, 4.69) is 52.4 Å². The monoisotopic (exact) mass is 698 g/mol. The molecule has 0 saturated carbocycles. The summed E-state index contributed by atoms with van der Waals surface area (Å²) < 4.78 is 5.56. The first-order valence-corrected chi connectivity index (χ1v) is 18.0. The van der Waals surface area contributed by atoms with E-state index in [4.69, 9.17) is 9.72 Å². The second-order valence-corrected chi connectivity index (χ2v) is 14.1. The van der Waals surface area contributed by atoms with E-state index in [0.717, 1.165) is 82.8 Å². The van der Waals surface area contributed by atoms with Crippen molar-refractivity contribution in [2.75, 3.05) is 44.8 Å². The van der Waals surface area contributed by atoms with Crippen molar-refractivity contribution >= 4 is 39.9 Å². The van der Waals surface area contributed by atoms with Gasteiger partial charge in [0.15, 0.2) is 0 Å². The van der Waals surface area contributed by atoms with E-state index < -0.39 is 0 Å². The van der Waals surface area contributed by atoms with E-state index in [1.54, 1.807) is 41.7 Å². The summed E-state index contributed by atoms with van der Waals surface area (Å²) in [7, 11) is 1.82. The molecule has 3 aliphatic rings. The Bertz CT molecular complexity index is 2090. The second kappa shape index (κ2) is 14.4. The minimum atomic E-state index is -0.317. The number of amides is 2. The highest BCUT2D eigenvalue weighted by Crippen LogP contribution is 2.44. The Balaban J connectivity index is 1.10. The number of imidazole rings is 1. The van der Waals surface area contributed by atoms with Crippen LogP contribution in [0.3, 0.4) is 0 Å². The lowest BCUT2D eigenvalue weighted by Gasteiger charge is -2.54. The molecule has 1 spiro atoms. The van der Waals surface area contributed by atoms with E-state index in [-0.39, 0.29) is 17.2 Å². The highest BCUT2D eigenvalue weighted by molar-refractivity contribution is 7.19. The number of carbonyl (C=O) groups excluding carboxylic acids is 2. The van der Waals surface area contributed by atoms with Gasteiger partial charge in [0.2, 0.25) is 0 Å². The van der Waals surface area contributed by atoms with Crippen molar-refractivity contribution in [1.82, 2.24) is 25.5 Å². The number of benzene rings is 2. The van der Waals surface area contributed by atoms with Crippen LogP contribution in [0.25, 0.3) is 32.2 Å². The van der Waals surface area contributed by atoms with E-state index >= 15 is 0 Å². The van der Waals surface area contributed by atoms with Gasteiger partial charge in [-0.05, 0) is 67.3 Å². The third-order valence-electron chi connectivity index (χ3n) is 9.97. The number of hydrogen-bond acceptors (Lipinski definition) is 7. The molecule has 0 bridgehead atoms. The molecule has 0 aliphatic carbocycles. The number of ether oxygens (including phenoxy) is 1.